The van der Waals surface area contributed by atoms with Crippen LogP contribution in [0.2, 0.25) is 0 Å². The average Bonchev–Trinajstić information content (AvgIpc) is 2.83. The first kappa shape index (κ1) is 11.4. The highest BCUT2D eigenvalue weighted by molar-refractivity contribution is 6.37. The van der Waals surface area contributed by atoms with Crippen LogP contribution in [0.1, 0.15) is 5.56 Å². The van der Waals surface area contributed by atoms with Gasteiger partial charge in [0.1, 0.15) is 5.75 Å². The van der Waals surface area contributed by atoms with Crippen molar-refractivity contribution in [1.82, 2.24) is 0 Å². The molecule has 0 fully saturated rings. The summed E-state index contributed by atoms with van der Waals surface area (Å²) in [5, 5.41) is 0. The Morgan fingerprint density at radius 1 is 1.41 bits per heavy atom. The zero-order chi connectivity index (χ0) is 12.4. The Morgan fingerprint density at radius 2 is 2.18 bits per heavy atom. The standard InChI is InChI=1S/C12H13NO4/c1-13(11(14)12(15)16-2)9-3-4-10-8(7-9)5-6-17-10/h3-4,7H,5-6H2,1-2H3. The Kier molecular flexibility index (Phi) is 2.99. The van der Waals surface area contributed by atoms with E-state index < -0.39 is 11.9 Å². The molecule has 2 rings (SSSR count). The minimum absolute atomic E-state index is 0.657. The van der Waals surface area contributed by atoms with Gasteiger partial charge in [0.25, 0.3) is 0 Å². The van der Waals surface area contributed by atoms with Crippen LogP contribution in [0.15, 0.2) is 18.2 Å². The molecule has 1 aromatic rings. The summed E-state index contributed by atoms with van der Waals surface area (Å²) in [7, 11) is 2.72. The third kappa shape index (κ3) is 2.08. The fourth-order valence-electron chi connectivity index (χ4n) is 1.72. The number of carbonyl (C=O) groups excluding carboxylic acids is 2. The molecule has 1 heterocycles. The van der Waals surface area contributed by atoms with E-state index in [0.717, 1.165) is 17.7 Å². The van der Waals surface area contributed by atoms with E-state index in [9.17, 15) is 9.59 Å². The maximum atomic E-state index is 11.6. The molecule has 0 bridgehead atoms. The van der Waals surface area contributed by atoms with Gasteiger partial charge in [-0.3, -0.25) is 4.79 Å². The van der Waals surface area contributed by atoms with Crippen molar-refractivity contribution in [1.29, 1.82) is 0 Å². The number of esters is 1. The van der Waals surface area contributed by atoms with Crippen LogP contribution in [0.25, 0.3) is 0 Å². The molecule has 0 aliphatic carbocycles. The molecule has 0 saturated carbocycles. The first-order chi connectivity index (χ1) is 8.13. The first-order valence-electron chi connectivity index (χ1n) is 5.25. The van der Waals surface area contributed by atoms with Gasteiger partial charge in [0.15, 0.2) is 0 Å². The molecular formula is C12H13NO4. The number of anilines is 1. The molecule has 5 nitrogen and oxygen atoms in total. The van der Waals surface area contributed by atoms with Gasteiger partial charge >= 0.3 is 11.9 Å². The summed E-state index contributed by atoms with van der Waals surface area (Å²) in [5.41, 5.74) is 1.71. The number of methoxy groups -OCH3 is 1. The van der Waals surface area contributed by atoms with Crippen molar-refractivity contribution in [2.24, 2.45) is 0 Å². The second kappa shape index (κ2) is 4.45. The normalized spacial score (nSPS) is 12.6. The molecule has 1 aliphatic rings. The molecule has 0 aromatic heterocycles. The number of hydrogen-bond acceptors (Lipinski definition) is 4. The molecule has 5 heteroatoms. The van der Waals surface area contributed by atoms with Crippen molar-refractivity contribution in [2.45, 2.75) is 6.42 Å². The van der Waals surface area contributed by atoms with Crippen molar-refractivity contribution < 1.29 is 19.1 Å². The molecule has 0 N–H and O–H groups in total. The van der Waals surface area contributed by atoms with E-state index >= 15 is 0 Å². The molecule has 90 valence electrons. The quantitative estimate of drug-likeness (QED) is 0.532. The molecule has 1 amide bonds. The Hall–Kier alpha value is -2.04. The van der Waals surface area contributed by atoms with Gasteiger partial charge in [-0.1, -0.05) is 0 Å². The van der Waals surface area contributed by atoms with E-state index in [-0.39, 0.29) is 0 Å². The Balaban J connectivity index is 2.23. The molecule has 0 spiro atoms. The lowest BCUT2D eigenvalue weighted by atomic mass is 10.1. The van der Waals surface area contributed by atoms with E-state index in [4.69, 9.17) is 4.74 Å². The van der Waals surface area contributed by atoms with Crippen LogP contribution >= 0.6 is 0 Å². The van der Waals surface area contributed by atoms with Gasteiger partial charge in [-0.05, 0) is 23.8 Å². The van der Waals surface area contributed by atoms with Crippen molar-refractivity contribution in [2.75, 3.05) is 25.7 Å². The molecular weight excluding hydrogens is 222 g/mol. The minimum atomic E-state index is -0.871. The van der Waals surface area contributed by atoms with Crippen molar-refractivity contribution in [3.05, 3.63) is 23.8 Å². The van der Waals surface area contributed by atoms with Crippen LogP contribution in [0, 0.1) is 0 Å². The molecule has 0 radical (unpaired) electrons. The SMILES string of the molecule is COC(=O)C(=O)N(C)c1ccc2c(c1)CCO2. The number of ether oxygens (including phenoxy) is 2. The van der Waals surface area contributed by atoms with Crippen LogP contribution < -0.4 is 9.64 Å². The number of likely N-dealkylation sites (N-methyl/N-ethyl adjacent to an activating group) is 1. The summed E-state index contributed by atoms with van der Waals surface area (Å²) in [4.78, 5) is 24.0. The van der Waals surface area contributed by atoms with Crippen LogP contribution in [-0.4, -0.2) is 32.6 Å². The fourth-order valence-corrected chi connectivity index (χ4v) is 1.72. The number of carbonyl (C=O) groups is 2. The molecule has 1 aromatic carbocycles. The van der Waals surface area contributed by atoms with Crippen LogP contribution in [0.5, 0.6) is 5.75 Å². The lowest BCUT2D eigenvalue weighted by Crippen LogP contribution is -2.33. The van der Waals surface area contributed by atoms with Crippen LogP contribution in [0.4, 0.5) is 5.69 Å². The van der Waals surface area contributed by atoms with Gasteiger partial charge in [-0.2, -0.15) is 0 Å². The van der Waals surface area contributed by atoms with Crippen molar-refractivity contribution in [3.63, 3.8) is 0 Å². The smallest absolute Gasteiger partial charge is 0.397 e. The molecule has 0 saturated heterocycles. The third-order valence-electron chi connectivity index (χ3n) is 2.72. The largest absolute Gasteiger partial charge is 0.493 e. The summed E-state index contributed by atoms with van der Waals surface area (Å²) in [6.07, 6.45) is 0.823. The van der Waals surface area contributed by atoms with Gasteiger partial charge in [0.2, 0.25) is 0 Å². The number of amides is 1. The Morgan fingerprint density at radius 3 is 2.88 bits per heavy atom. The second-order valence-corrected chi connectivity index (χ2v) is 3.75. The van der Waals surface area contributed by atoms with Gasteiger partial charge in [0, 0.05) is 19.2 Å². The van der Waals surface area contributed by atoms with E-state index in [1.54, 1.807) is 12.1 Å². The topological polar surface area (TPSA) is 55.8 Å². The average molecular weight is 235 g/mol. The number of fused-ring (bicyclic) bond motifs is 1. The van der Waals surface area contributed by atoms with Crippen molar-refractivity contribution >= 4 is 17.6 Å². The zero-order valence-corrected chi connectivity index (χ0v) is 9.73. The van der Waals surface area contributed by atoms with Gasteiger partial charge in [-0.25, -0.2) is 4.79 Å². The predicted octanol–water partition coefficient (Wildman–Crippen LogP) is 0.757. The number of nitrogens with zero attached hydrogens (tertiary/aromatic N) is 1. The number of benzene rings is 1. The molecule has 0 atom stereocenters. The van der Waals surface area contributed by atoms with E-state index in [2.05, 4.69) is 4.74 Å². The molecule has 17 heavy (non-hydrogen) atoms. The first-order valence-corrected chi connectivity index (χ1v) is 5.25. The van der Waals surface area contributed by atoms with Crippen LogP contribution in [0.3, 0.4) is 0 Å². The number of hydrogen-bond donors (Lipinski definition) is 0. The Labute approximate surface area is 98.9 Å². The Bertz CT molecular complexity index is 470. The lowest BCUT2D eigenvalue weighted by molar-refractivity contribution is -0.151. The van der Waals surface area contributed by atoms with E-state index in [0.29, 0.717) is 12.3 Å². The van der Waals surface area contributed by atoms with Crippen LogP contribution in [-0.2, 0) is 20.7 Å². The zero-order valence-electron chi connectivity index (χ0n) is 9.73. The third-order valence-corrected chi connectivity index (χ3v) is 2.72. The highest BCUT2D eigenvalue weighted by atomic mass is 16.5. The highest BCUT2D eigenvalue weighted by Crippen LogP contribution is 2.29. The van der Waals surface area contributed by atoms with Gasteiger partial charge < -0.3 is 14.4 Å². The maximum Gasteiger partial charge on any atom is 0.397 e. The predicted molar refractivity (Wildman–Crippen MR) is 61.1 cm³/mol. The summed E-state index contributed by atoms with van der Waals surface area (Å²) in [6, 6.07) is 5.40. The minimum Gasteiger partial charge on any atom is -0.493 e. The van der Waals surface area contributed by atoms with Gasteiger partial charge in [-0.15, -0.1) is 0 Å². The highest BCUT2D eigenvalue weighted by Gasteiger charge is 2.22. The van der Waals surface area contributed by atoms with E-state index in [1.807, 2.05) is 6.07 Å². The number of rotatable bonds is 1. The second-order valence-electron chi connectivity index (χ2n) is 3.75. The van der Waals surface area contributed by atoms with E-state index in [1.165, 1.54) is 19.1 Å². The summed E-state index contributed by atoms with van der Waals surface area (Å²) >= 11 is 0. The molecule has 0 unspecified atom stereocenters. The fraction of sp³-hybridized carbons (Fsp3) is 0.333. The summed E-state index contributed by atoms with van der Waals surface area (Å²) in [5.74, 6) is -0.719. The summed E-state index contributed by atoms with van der Waals surface area (Å²) < 4.78 is 9.76. The lowest BCUT2D eigenvalue weighted by Gasteiger charge is -2.16. The molecule has 1 aliphatic heterocycles. The van der Waals surface area contributed by atoms with Gasteiger partial charge in [0.05, 0.1) is 13.7 Å². The van der Waals surface area contributed by atoms with Crippen molar-refractivity contribution in [3.8, 4) is 5.75 Å². The monoisotopic (exact) mass is 235 g/mol. The summed E-state index contributed by atoms with van der Waals surface area (Å²) in [6.45, 7) is 0.660. The maximum absolute atomic E-state index is 11.6.